The number of benzene rings is 2. The third-order valence-electron chi connectivity index (χ3n) is 7.02. The molecule has 6 nitrogen and oxygen atoms in total. The Morgan fingerprint density at radius 3 is 2.26 bits per heavy atom. The number of rotatable bonds is 9. The van der Waals surface area contributed by atoms with E-state index in [2.05, 4.69) is 20.8 Å². The van der Waals surface area contributed by atoms with Crippen LogP contribution in [0.25, 0.3) is 0 Å². The zero-order chi connectivity index (χ0) is 25.0. The molecule has 0 aromatic heterocycles. The molecule has 1 aliphatic rings. The Bertz CT molecular complexity index is 991. The van der Waals surface area contributed by atoms with E-state index < -0.39 is 13.2 Å². The monoisotopic (exact) mass is 489 g/mol. The first-order chi connectivity index (χ1) is 16.1. The van der Waals surface area contributed by atoms with Crippen molar-refractivity contribution in [1.29, 1.82) is 0 Å². The summed E-state index contributed by atoms with van der Waals surface area (Å²) in [5.41, 5.74) is 1.41. The van der Waals surface area contributed by atoms with Crippen molar-refractivity contribution < 1.29 is 23.7 Å². The van der Waals surface area contributed by atoms with Crippen LogP contribution < -0.4 is 19.7 Å². The molecule has 1 saturated carbocycles. The standard InChI is InChI=1S/C27H40NO5P/c1-18(2)23-14-8-19(3)16-26(23)33-34(30,22-12-9-20(10-13-22)28(4)5)27(29)24-15-11-21(31-6)17-25(24)32-7/h9-13,15,17-19,23,26-27,29H,8,14,16H2,1-7H3/t19-,23-,26-,27+,34+/m1/s1. The van der Waals surface area contributed by atoms with Crippen molar-refractivity contribution in [2.24, 2.45) is 17.8 Å². The van der Waals surface area contributed by atoms with Crippen molar-refractivity contribution in [3.8, 4) is 11.5 Å². The lowest BCUT2D eigenvalue weighted by Gasteiger charge is -2.40. The summed E-state index contributed by atoms with van der Waals surface area (Å²) in [7, 11) is 3.26. The molecule has 0 amide bonds. The Labute approximate surface area is 204 Å². The second kappa shape index (κ2) is 11.2. The minimum Gasteiger partial charge on any atom is -0.497 e. The molecule has 1 N–H and O–H groups in total. The number of anilines is 1. The van der Waals surface area contributed by atoms with Crippen molar-refractivity contribution in [2.45, 2.75) is 52.0 Å². The van der Waals surface area contributed by atoms with Crippen LogP contribution in [-0.2, 0) is 9.09 Å². The van der Waals surface area contributed by atoms with Crippen molar-refractivity contribution >= 4 is 18.4 Å². The molecule has 34 heavy (non-hydrogen) atoms. The molecule has 0 spiro atoms. The molecule has 0 radical (unpaired) electrons. The van der Waals surface area contributed by atoms with E-state index in [1.165, 1.54) is 7.11 Å². The van der Waals surface area contributed by atoms with Crippen LogP contribution in [0.15, 0.2) is 42.5 Å². The summed E-state index contributed by atoms with van der Waals surface area (Å²) in [4.78, 5) is 1.98. The molecular formula is C27H40NO5P. The minimum absolute atomic E-state index is 0.193. The van der Waals surface area contributed by atoms with E-state index in [1.807, 2.05) is 43.3 Å². The maximum atomic E-state index is 14.8. The highest BCUT2D eigenvalue weighted by Gasteiger charge is 2.43. The van der Waals surface area contributed by atoms with Crippen molar-refractivity contribution in [3.63, 3.8) is 0 Å². The van der Waals surface area contributed by atoms with E-state index in [-0.39, 0.29) is 12.0 Å². The molecule has 2 aromatic carbocycles. The van der Waals surface area contributed by atoms with Crippen molar-refractivity contribution in [3.05, 3.63) is 48.0 Å². The molecule has 1 aliphatic carbocycles. The van der Waals surface area contributed by atoms with Crippen LogP contribution in [0, 0.1) is 17.8 Å². The van der Waals surface area contributed by atoms with Crippen LogP contribution in [0.5, 0.6) is 11.5 Å². The highest BCUT2D eigenvalue weighted by Crippen LogP contribution is 2.61. The van der Waals surface area contributed by atoms with Gasteiger partial charge in [0.15, 0.2) is 5.85 Å². The Balaban J connectivity index is 2.09. The predicted molar refractivity (Wildman–Crippen MR) is 139 cm³/mol. The van der Waals surface area contributed by atoms with Crippen LogP contribution in [0.3, 0.4) is 0 Å². The summed E-state index contributed by atoms with van der Waals surface area (Å²) in [5.74, 6) is 0.809. The number of nitrogens with zero attached hydrogens (tertiary/aromatic N) is 1. The molecule has 0 unspecified atom stereocenters. The van der Waals surface area contributed by atoms with E-state index in [9.17, 15) is 9.67 Å². The topological polar surface area (TPSA) is 68.2 Å². The molecule has 2 aromatic rings. The van der Waals surface area contributed by atoms with E-state index in [4.69, 9.17) is 14.0 Å². The summed E-state index contributed by atoms with van der Waals surface area (Å²) < 4.78 is 32.2. The number of hydrogen-bond acceptors (Lipinski definition) is 6. The largest absolute Gasteiger partial charge is 0.497 e. The molecule has 0 heterocycles. The lowest BCUT2D eigenvalue weighted by Crippen LogP contribution is -2.35. The van der Waals surface area contributed by atoms with Crippen LogP contribution in [0.2, 0.25) is 0 Å². The molecule has 7 heteroatoms. The van der Waals surface area contributed by atoms with Crippen LogP contribution in [-0.4, -0.2) is 39.5 Å². The van der Waals surface area contributed by atoms with E-state index in [0.717, 1.165) is 24.9 Å². The van der Waals surface area contributed by atoms with Gasteiger partial charge in [0.1, 0.15) is 11.5 Å². The number of aliphatic hydroxyl groups is 1. The van der Waals surface area contributed by atoms with Gasteiger partial charge in [0.05, 0.1) is 20.3 Å². The lowest BCUT2D eigenvalue weighted by atomic mass is 9.75. The molecule has 5 atom stereocenters. The van der Waals surface area contributed by atoms with Crippen LogP contribution >= 0.6 is 7.37 Å². The van der Waals surface area contributed by atoms with Crippen LogP contribution in [0.1, 0.15) is 51.4 Å². The number of aliphatic hydroxyl groups excluding tert-OH is 1. The fraction of sp³-hybridized carbons (Fsp3) is 0.556. The second-order valence-corrected chi connectivity index (χ2v) is 12.4. The van der Waals surface area contributed by atoms with Gasteiger partial charge >= 0.3 is 0 Å². The molecule has 0 bridgehead atoms. The van der Waals surface area contributed by atoms with Gasteiger partial charge in [-0.05, 0) is 67.0 Å². The molecule has 0 saturated heterocycles. The highest BCUT2D eigenvalue weighted by molar-refractivity contribution is 7.67. The molecule has 0 aliphatic heterocycles. The van der Waals surface area contributed by atoms with Gasteiger partial charge in [-0.3, -0.25) is 4.57 Å². The first-order valence-electron chi connectivity index (χ1n) is 12.1. The fourth-order valence-corrected chi connectivity index (χ4v) is 7.18. The maximum Gasteiger partial charge on any atom is 0.264 e. The highest BCUT2D eigenvalue weighted by atomic mass is 31.2. The average molecular weight is 490 g/mol. The molecule has 188 valence electrons. The summed E-state index contributed by atoms with van der Waals surface area (Å²) in [6.07, 6.45) is 2.81. The normalized spacial score (nSPS) is 23.3. The Morgan fingerprint density at radius 1 is 1.03 bits per heavy atom. The summed E-state index contributed by atoms with van der Waals surface area (Å²) in [5, 5.41) is 12.2. The SMILES string of the molecule is COc1ccc([C@@H](O)[P@@](=O)(O[C@@H]2C[C@H](C)CC[C@@H]2C(C)C)c2ccc(N(C)C)cc2)c(OC)c1. The van der Waals surface area contributed by atoms with Gasteiger partial charge in [0.25, 0.3) is 7.37 Å². The van der Waals surface area contributed by atoms with Gasteiger partial charge < -0.3 is 24.0 Å². The molecular weight excluding hydrogens is 449 g/mol. The average Bonchev–Trinajstić information content (AvgIpc) is 2.82. The quantitative estimate of drug-likeness (QED) is 0.446. The predicted octanol–water partition coefficient (Wildman–Crippen LogP) is 5.84. The molecule has 1 fully saturated rings. The van der Waals surface area contributed by atoms with Gasteiger partial charge in [-0.15, -0.1) is 0 Å². The van der Waals surface area contributed by atoms with Gasteiger partial charge in [0.2, 0.25) is 0 Å². The third-order valence-corrected chi connectivity index (χ3v) is 9.54. The van der Waals surface area contributed by atoms with Gasteiger partial charge in [-0.2, -0.15) is 0 Å². The third kappa shape index (κ3) is 5.62. The first kappa shape index (κ1) is 26.6. The Kier molecular flexibility index (Phi) is 8.72. The summed E-state index contributed by atoms with van der Waals surface area (Å²) >= 11 is 0. The second-order valence-electron chi connectivity index (χ2n) is 9.96. The van der Waals surface area contributed by atoms with Gasteiger partial charge in [0, 0.05) is 36.7 Å². The summed E-state index contributed by atoms with van der Waals surface area (Å²) in [6.45, 7) is 6.60. The smallest absolute Gasteiger partial charge is 0.264 e. The zero-order valence-electron chi connectivity index (χ0n) is 21.5. The Hall–Kier alpha value is -2.01. The number of ether oxygens (including phenoxy) is 2. The van der Waals surface area contributed by atoms with Crippen molar-refractivity contribution in [2.75, 3.05) is 33.2 Å². The van der Waals surface area contributed by atoms with E-state index in [0.29, 0.717) is 34.2 Å². The van der Waals surface area contributed by atoms with Crippen LogP contribution in [0.4, 0.5) is 5.69 Å². The maximum absolute atomic E-state index is 14.8. The fourth-order valence-electron chi connectivity index (χ4n) is 4.87. The van der Waals surface area contributed by atoms with Gasteiger partial charge in [-0.25, -0.2) is 0 Å². The number of methoxy groups -OCH3 is 2. The lowest BCUT2D eigenvalue weighted by molar-refractivity contribution is 0.0425. The summed E-state index contributed by atoms with van der Waals surface area (Å²) in [6, 6.07) is 12.6. The zero-order valence-corrected chi connectivity index (χ0v) is 22.4. The molecule has 3 rings (SSSR count). The Morgan fingerprint density at radius 2 is 1.71 bits per heavy atom. The van der Waals surface area contributed by atoms with Crippen molar-refractivity contribution in [1.82, 2.24) is 0 Å². The first-order valence-corrected chi connectivity index (χ1v) is 13.8. The van der Waals surface area contributed by atoms with E-state index in [1.54, 1.807) is 25.3 Å². The van der Waals surface area contributed by atoms with E-state index >= 15 is 0 Å². The number of hydrogen-bond donors (Lipinski definition) is 1. The minimum atomic E-state index is -3.75. The van der Waals surface area contributed by atoms with Gasteiger partial charge in [-0.1, -0.05) is 27.2 Å².